The fourth-order valence-corrected chi connectivity index (χ4v) is 2.35. The zero-order valence-electron chi connectivity index (χ0n) is 13.0. The van der Waals surface area contributed by atoms with E-state index in [4.69, 9.17) is 4.74 Å². The number of anilines is 1. The van der Waals surface area contributed by atoms with Crippen molar-refractivity contribution in [1.29, 1.82) is 0 Å². The van der Waals surface area contributed by atoms with Crippen LogP contribution < -0.4 is 16.2 Å². The molecule has 0 aromatic carbocycles. The van der Waals surface area contributed by atoms with Gasteiger partial charge in [-0.3, -0.25) is 4.79 Å². The first-order valence-corrected chi connectivity index (χ1v) is 7.15. The minimum absolute atomic E-state index is 0.0157. The van der Waals surface area contributed by atoms with E-state index in [1.54, 1.807) is 17.8 Å². The Hall–Kier alpha value is -1.98. The number of carbonyl (C=O) groups is 1. The molecular weight excluding hydrogens is 270 g/mol. The number of hydrogen-bond acceptors (Lipinski definition) is 4. The number of rotatable bonds is 2. The largest absolute Gasteiger partial charge is 0.444 e. The van der Waals surface area contributed by atoms with Crippen molar-refractivity contribution in [3.05, 3.63) is 28.2 Å². The molecule has 1 unspecified atom stereocenters. The van der Waals surface area contributed by atoms with Crippen LogP contribution in [0.15, 0.2) is 17.1 Å². The number of amides is 1. The molecular formula is C15H23N3O3. The molecule has 1 amide bonds. The van der Waals surface area contributed by atoms with Gasteiger partial charge in [-0.05, 0) is 39.2 Å². The van der Waals surface area contributed by atoms with Gasteiger partial charge in [0.05, 0.1) is 0 Å². The summed E-state index contributed by atoms with van der Waals surface area (Å²) < 4.78 is 6.78. The molecule has 0 spiro atoms. The molecule has 2 N–H and O–H groups in total. The van der Waals surface area contributed by atoms with Crippen molar-refractivity contribution in [2.24, 2.45) is 13.0 Å². The fourth-order valence-electron chi connectivity index (χ4n) is 2.35. The topological polar surface area (TPSA) is 72.4 Å². The van der Waals surface area contributed by atoms with Gasteiger partial charge < -0.3 is 19.9 Å². The summed E-state index contributed by atoms with van der Waals surface area (Å²) in [6, 6.07) is 1.91. The maximum atomic E-state index is 12.1. The number of nitrogens with zero attached hydrogens (tertiary/aromatic N) is 1. The van der Waals surface area contributed by atoms with Crippen molar-refractivity contribution in [2.75, 3.05) is 18.4 Å². The van der Waals surface area contributed by atoms with E-state index in [0.717, 1.165) is 17.8 Å². The molecule has 2 heterocycles. The summed E-state index contributed by atoms with van der Waals surface area (Å²) in [5.74, 6) is 0.181. The van der Waals surface area contributed by atoms with Crippen molar-refractivity contribution < 1.29 is 9.53 Å². The van der Waals surface area contributed by atoms with Crippen LogP contribution in [0.25, 0.3) is 0 Å². The highest BCUT2D eigenvalue weighted by molar-refractivity contribution is 5.67. The normalized spacial score (nSPS) is 17.6. The molecule has 6 heteroatoms. The summed E-state index contributed by atoms with van der Waals surface area (Å²) in [4.78, 5) is 23.7. The quantitative estimate of drug-likeness (QED) is 0.866. The molecule has 21 heavy (non-hydrogen) atoms. The predicted octanol–water partition coefficient (Wildman–Crippen LogP) is 1.49. The van der Waals surface area contributed by atoms with E-state index in [1.165, 1.54) is 0 Å². The molecule has 0 radical (unpaired) electrons. The van der Waals surface area contributed by atoms with Crippen LogP contribution in [0.2, 0.25) is 0 Å². The zero-order valence-corrected chi connectivity index (χ0v) is 13.0. The van der Waals surface area contributed by atoms with Crippen LogP contribution in [0, 0.1) is 5.92 Å². The Labute approximate surface area is 124 Å². The second-order valence-electron chi connectivity index (χ2n) is 6.46. The van der Waals surface area contributed by atoms with E-state index in [1.807, 2.05) is 26.8 Å². The first-order chi connectivity index (χ1) is 9.76. The third-order valence-corrected chi connectivity index (χ3v) is 3.38. The molecule has 1 atom stereocenters. The molecule has 2 rings (SSSR count). The van der Waals surface area contributed by atoms with Gasteiger partial charge in [0.1, 0.15) is 5.60 Å². The number of ether oxygens (including phenoxy) is 1. The summed E-state index contributed by atoms with van der Waals surface area (Å²) in [5.41, 5.74) is 1.19. The minimum Gasteiger partial charge on any atom is -0.444 e. The summed E-state index contributed by atoms with van der Waals surface area (Å²) in [6.07, 6.45) is 1.99. The molecule has 1 aromatic rings. The maximum Gasteiger partial charge on any atom is 0.407 e. The summed E-state index contributed by atoms with van der Waals surface area (Å²) in [6.45, 7) is 6.70. The van der Waals surface area contributed by atoms with Gasteiger partial charge in [-0.15, -0.1) is 0 Å². The van der Waals surface area contributed by atoms with E-state index < -0.39 is 11.7 Å². The Morgan fingerprint density at radius 3 is 2.90 bits per heavy atom. The number of carbonyl (C=O) groups excluding carboxylic acids is 1. The van der Waals surface area contributed by atoms with Crippen molar-refractivity contribution in [1.82, 2.24) is 9.88 Å². The van der Waals surface area contributed by atoms with Crippen molar-refractivity contribution in [3.8, 4) is 0 Å². The van der Waals surface area contributed by atoms with Crippen LogP contribution in [-0.4, -0.2) is 29.4 Å². The second-order valence-corrected chi connectivity index (χ2v) is 6.46. The van der Waals surface area contributed by atoms with Gasteiger partial charge in [0.15, 0.2) is 0 Å². The lowest BCUT2D eigenvalue weighted by atomic mass is 9.95. The molecule has 1 aliphatic heterocycles. The molecule has 0 aliphatic carbocycles. The smallest absolute Gasteiger partial charge is 0.407 e. The molecule has 1 aliphatic rings. The summed E-state index contributed by atoms with van der Waals surface area (Å²) in [7, 11) is 1.74. The Balaban J connectivity index is 1.95. The molecule has 0 fully saturated rings. The lowest BCUT2D eigenvalue weighted by Crippen LogP contribution is -2.40. The van der Waals surface area contributed by atoms with Gasteiger partial charge in [0, 0.05) is 37.6 Å². The van der Waals surface area contributed by atoms with E-state index in [0.29, 0.717) is 13.0 Å². The Kier molecular flexibility index (Phi) is 4.25. The van der Waals surface area contributed by atoms with Crippen LogP contribution in [0.4, 0.5) is 10.5 Å². The molecule has 0 bridgehead atoms. The maximum absolute atomic E-state index is 12.1. The minimum atomic E-state index is -0.503. The Morgan fingerprint density at radius 2 is 2.24 bits per heavy atom. The van der Waals surface area contributed by atoms with E-state index in [2.05, 4.69) is 10.6 Å². The molecule has 1 aromatic heterocycles. The average Bonchev–Trinajstić information content (AvgIpc) is 2.39. The SMILES string of the molecule is Cn1ccc2c(c1=O)CC(CNC(=O)OC(C)(C)C)CN2. The highest BCUT2D eigenvalue weighted by Crippen LogP contribution is 2.21. The number of fused-ring (bicyclic) bond motifs is 1. The summed E-state index contributed by atoms with van der Waals surface area (Å²) in [5, 5.41) is 6.01. The highest BCUT2D eigenvalue weighted by atomic mass is 16.6. The van der Waals surface area contributed by atoms with Crippen molar-refractivity contribution in [2.45, 2.75) is 32.8 Å². The Bertz CT molecular complexity index is 587. The highest BCUT2D eigenvalue weighted by Gasteiger charge is 2.23. The van der Waals surface area contributed by atoms with Gasteiger partial charge in [-0.1, -0.05) is 0 Å². The van der Waals surface area contributed by atoms with Crippen molar-refractivity contribution in [3.63, 3.8) is 0 Å². The standard InChI is InChI=1S/C15H23N3O3/c1-15(2,3)21-14(20)17-9-10-7-11-12(16-8-10)5-6-18(4)13(11)19/h5-6,10,16H,7-9H2,1-4H3,(H,17,20). The van der Waals surface area contributed by atoms with Crippen LogP contribution in [-0.2, 0) is 18.2 Å². The number of aryl methyl sites for hydroxylation is 1. The monoisotopic (exact) mass is 293 g/mol. The predicted molar refractivity (Wildman–Crippen MR) is 81.6 cm³/mol. The van der Waals surface area contributed by atoms with Gasteiger partial charge in [0.2, 0.25) is 0 Å². The summed E-state index contributed by atoms with van der Waals surface area (Å²) >= 11 is 0. The third kappa shape index (κ3) is 4.00. The zero-order chi connectivity index (χ0) is 15.6. The van der Waals surface area contributed by atoms with E-state index in [9.17, 15) is 9.59 Å². The van der Waals surface area contributed by atoms with Crippen LogP contribution in [0.3, 0.4) is 0 Å². The van der Waals surface area contributed by atoms with Gasteiger partial charge in [-0.25, -0.2) is 4.79 Å². The first-order valence-electron chi connectivity index (χ1n) is 7.15. The van der Waals surface area contributed by atoms with Crippen LogP contribution >= 0.6 is 0 Å². The lowest BCUT2D eigenvalue weighted by molar-refractivity contribution is 0.0520. The average molecular weight is 293 g/mol. The van der Waals surface area contributed by atoms with Crippen molar-refractivity contribution >= 4 is 11.8 Å². The van der Waals surface area contributed by atoms with Gasteiger partial charge in [-0.2, -0.15) is 0 Å². The molecule has 0 saturated carbocycles. The number of hydrogen-bond donors (Lipinski definition) is 2. The molecule has 116 valence electrons. The molecule has 0 saturated heterocycles. The second kappa shape index (κ2) is 5.79. The fraction of sp³-hybridized carbons (Fsp3) is 0.600. The first kappa shape index (κ1) is 15.4. The number of alkyl carbamates (subject to hydrolysis) is 1. The number of pyridine rings is 1. The van der Waals surface area contributed by atoms with Crippen LogP contribution in [0.1, 0.15) is 26.3 Å². The van der Waals surface area contributed by atoms with E-state index >= 15 is 0 Å². The number of aromatic nitrogens is 1. The van der Waals surface area contributed by atoms with Gasteiger partial charge in [0.25, 0.3) is 5.56 Å². The molecule has 6 nitrogen and oxygen atoms in total. The van der Waals surface area contributed by atoms with Crippen LogP contribution in [0.5, 0.6) is 0 Å². The van der Waals surface area contributed by atoms with Gasteiger partial charge >= 0.3 is 6.09 Å². The lowest BCUT2D eigenvalue weighted by Gasteiger charge is -2.27. The Morgan fingerprint density at radius 1 is 1.52 bits per heavy atom. The van der Waals surface area contributed by atoms with E-state index in [-0.39, 0.29) is 11.5 Å². The number of nitrogens with one attached hydrogen (secondary N) is 2. The third-order valence-electron chi connectivity index (χ3n) is 3.38.